The highest BCUT2D eigenvalue weighted by Gasteiger charge is 2.07. The molecule has 5 heteroatoms. The smallest absolute Gasteiger partial charge is 0.208 e. The molecule has 0 unspecified atom stereocenters. The van der Waals surface area contributed by atoms with Gasteiger partial charge in [-0.2, -0.15) is 0 Å². The molecule has 1 rings (SSSR count). The van der Waals surface area contributed by atoms with Gasteiger partial charge in [-0.3, -0.25) is 0 Å². The van der Waals surface area contributed by atoms with E-state index in [1.807, 2.05) is 0 Å². The van der Waals surface area contributed by atoms with Crippen molar-refractivity contribution in [1.82, 2.24) is 10.2 Å². The van der Waals surface area contributed by atoms with Crippen molar-refractivity contribution < 1.29 is 0 Å². The molecule has 0 radical (unpaired) electrons. The molecular weight excluding hydrogens is 184 g/mol. The fraction of sp³-hybridized carbons (Fsp3) is 0.750. The summed E-state index contributed by atoms with van der Waals surface area (Å²) in [5.41, 5.74) is 7.28. The Bertz CT molecular complexity index is 212. The van der Waals surface area contributed by atoms with E-state index in [1.165, 1.54) is 12.8 Å². The number of hydrogen-bond donors (Lipinski definition) is 1. The third-order valence-electron chi connectivity index (χ3n) is 1.80. The predicted octanol–water partition coefficient (Wildman–Crippen LogP) is 1.10. The first-order valence-electron chi connectivity index (χ1n) is 4.59. The van der Waals surface area contributed by atoms with Crippen molar-refractivity contribution >= 4 is 16.5 Å². The minimum atomic E-state index is 0.670. The molecule has 0 atom stereocenters. The van der Waals surface area contributed by atoms with Gasteiger partial charge >= 0.3 is 0 Å². The van der Waals surface area contributed by atoms with E-state index in [0.29, 0.717) is 6.54 Å². The molecule has 13 heavy (non-hydrogen) atoms. The second-order valence-corrected chi connectivity index (χ2v) is 3.66. The molecule has 0 saturated heterocycles. The number of nitrogens with two attached hydrogens (primary N) is 1. The van der Waals surface area contributed by atoms with E-state index in [0.717, 1.165) is 18.2 Å². The summed E-state index contributed by atoms with van der Waals surface area (Å²) < 4.78 is 0. The monoisotopic (exact) mass is 200 g/mol. The number of hydrogen-bond acceptors (Lipinski definition) is 5. The average Bonchev–Trinajstić information content (AvgIpc) is 2.65. The second kappa shape index (κ2) is 5.88. The number of unbranched alkanes of at least 4 members (excludes halogenated alkanes) is 1. The third kappa shape index (κ3) is 3.28. The zero-order valence-corrected chi connectivity index (χ0v) is 8.76. The molecule has 0 aliphatic carbocycles. The maximum atomic E-state index is 5.52. The van der Waals surface area contributed by atoms with E-state index in [-0.39, 0.29) is 0 Å². The number of rotatable bonds is 6. The van der Waals surface area contributed by atoms with Gasteiger partial charge in [0.05, 0.1) is 0 Å². The molecule has 0 amide bonds. The van der Waals surface area contributed by atoms with Gasteiger partial charge in [0.2, 0.25) is 5.13 Å². The van der Waals surface area contributed by atoms with Crippen LogP contribution in [-0.2, 0) is 0 Å². The number of anilines is 1. The summed E-state index contributed by atoms with van der Waals surface area (Å²) in [7, 11) is 0. The average molecular weight is 200 g/mol. The Morgan fingerprint density at radius 3 is 2.92 bits per heavy atom. The molecule has 74 valence electrons. The van der Waals surface area contributed by atoms with E-state index < -0.39 is 0 Å². The van der Waals surface area contributed by atoms with E-state index in [9.17, 15) is 0 Å². The van der Waals surface area contributed by atoms with Gasteiger partial charge in [-0.05, 0) is 6.42 Å². The topological polar surface area (TPSA) is 55.0 Å². The van der Waals surface area contributed by atoms with E-state index in [2.05, 4.69) is 22.0 Å². The van der Waals surface area contributed by atoms with Gasteiger partial charge in [-0.1, -0.05) is 24.7 Å². The molecule has 0 aliphatic rings. The van der Waals surface area contributed by atoms with Crippen LogP contribution in [0, 0.1) is 0 Å². The van der Waals surface area contributed by atoms with Gasteiger partial charge in [0.15, 0.2) is 0 Å². The first kappa shape index (κ1) is 10.4. The Kier molecular flexibility index (Phi) is 4.70. The van der Waals surface area contributed by atoms with Gasteiger partial charge in [0.25, 0.3) is 0 Å². The maximum Gasteiger partial charge on any atom is 0.208 e. The molecule has 2 N–H and O–H groups in total. The summed E-state index contributed by atoms with van der Waals surface area (Å²) in [6.07, 6.45) is 2.37. The van der Waals surface area contributed by atoms with Crippen LogP contribution in [0.4, 0.5) is 5.13 Å². The SMILES string of the molecule is CCCCN(CCN)c1nncs1. The molecule has 0 aromatic carbocycles. The van der Waals surface area contributed by atoms with Crippen LogP contribution in [0.2, 0.25) is 0 Å². The maximum absolute atomic E-state index is 5.52. The van der Waals surface area contributed by atoms with Gasteiger partial charge < -0.3 is 10.6 Å². The summed E-state index contributed by atoms with van der Waals surface area (Å²) in [6.45, 7) is 4.75. The van der Waals surface area contributed by atoms with Crippen molar-refractivity contribution in [2.24, 2.45) is 5.73 Å². The normalized spacial score (nSPS) is 10.3. The van der Waals surface area contributed by atoms with Crippen LogP contribution in [0.15, 0.2) is 5.51 Å². The molecule has 1 aromatic heterocycles. The molecule has 1 heterocycles. The Morgan fingerprint density at radius 1 is 1.54 bits per heavy atom. The van der Waals surface area contributed by atoms with Gasteiger partial charge in [-0.25, -0.2) is 0 Å². The lowest BCUT2D eigenvalue weighted by Gasteiger charge is -2.19. The molecule has 4 nitrogen and oxygen atoms in total. The van der Waals surface area contributed by atoms with Crippen LogP contribution in [-0.4, -0.2) is 29.8 Å². The highest BCUT2D eigenvalue weighted by atomic mass is 32.1. The lowest BCUT2D eigenvalue weighted by molar-refractivity contribution is 0.710. The lowest BCUT2D eigenvalue weighted by Crippen LogP contribution is -2.30. The highest BCUT2D eigenvalue weighted by molar-refractivity contribution is 7.13. The van der Waals surface area contributed by atoms with Gasteiger partial charge in [-0.15, -0.1) is 10.2 Å². The summed E-state index contributed by atoms with van der Waals surface area (Å²) in [5, 5.41) is 8.83. The Hall–Kier alpha value is -0.680. The Morgan fingerprint density at radius 2 is 2.38 bits per heavy atom. The Balaban J connectivity index is 2.47. The minimum Gasteiger partial charge on any atom is -0.345 e. The van der Waals surface area contributed by atoms with E-state index >= 15 is 0 Å². The quantitative estimate of drug-likeness (QED) is 0.747. The summed E-state index contributed by atoms with van der Waals surface area (Å²) in [4.78, 5) is 2.20. The van der Waals surface area contributed by atoms with Gasteiger partial charge in [0, 0.05) is 19.6 Å². The van der Waals surface area contributed by atoms with Crippen molar-refractivity contribution in [3.05, 3.63) is 5.51 Å². The first-order chi connectivity index (χ1) is 6.38. The lowest BCUT2D eigenvalue weighted by atomic mass is 10.3. The number of nitrogens with zero attached hydrogens (tertiary/aromatic N) is 3. The van der Waals surface area contributed by atoms with E-state index in [1.54, 1.807) is 16.8 Å². The molecule has 0 spiro atoms. The van der Waals surface area contributed by atoms with Crippen LogP contribution in [0.3, 0.4) is 0 Å². The third-order valence-corrected chi connectivity index (χ3v) is 2.55. The van der Waals surface area contributed by atoms with Crippen molar-refractivity contribution in [2.45, 2.75) is 19.8 Å². The van der Waals surface area contributed by atoms with Crippen LogP contribution in [0.5, 0.6) is 0 Å². The van der Waals surface area contributed by atoms with Crippen LogP contribution in [0.1, 0.15) is 19.8 Å². The predicted molar refractivity (Wildman–Crippen MR) is 56.1 cm³/mol. The summed E-state index contributed by atoms with van der Waals surface area (Å²) in [6, 6.07) is 0. The van der Waals surface area contributed by atoms with Crippen molar-refractivity contribution in [2.75, 3.05) is 24.5 Å². The molecular formula is C8H16N4S. The zero-order chi connectivity index (χ0) is 9.52. The van der Waals surface area contributed by atoms with Crippen LogP contribution < -0.4 is 10.6 Å². The molecule has 0 saturated carbocycles. The minimum absolute atomic E-state index is 0.670. The zero-order valence-electron chi connectivity index (χ0n) is 7.94. The highest BCUT2D eigenvalue weighted by Crippen LogP contribution is 2.15. The summed E-state index contributed by atoms with van der Waals surface area (Å²) >= 11 is 1.57. The fourth-order valence-electron chi connectivity index (χ4n) is 1.11. The van der Waals surface area contributed by atoms with E-state index in [4.69, 9.17) is 5.73 Å². The fourth-order valence-corrected chi connectivity index (χ4v) is 1.73. The first-order valence-corrected chi connectivity index (χ1v) is 5.47. The molecule has 0 fully saturated rings. The number of aromatic nitrogens is 2. The van der Waals surface area contributed by atoms with Crippen LogP contribution in [0.25, 0.3) is 0 Å². The summed E-state index contributed by atoms with van der Waals surface area (Å²) in [5.74, 6) is 0. The molecule has 0 bridgehead atoms. The Labute approximate surface area is 82.8 Å². The van der Waals surface area contributed by atoms with Crippen LogP contribution >= 0.6 is 11.3 Å². The van der Waals surface area contributed by atoms with Crippen molar-refractivity contribution in [3.63, 3.8) is 0 Å². The largest absolute Gasteiger partial charge is 0.345 e. The van der Waals surface area contributed by atoms with Crippen molar-refractivity contribution in [1.29, 1.82) is 0 Å². The van der Waals surface area contributed by atoms with Gasteiger partial charge in [0.1, 0.15) is 5.51 Å². The second-order valence-electron chi connectivity index (χ2n) is 2.85. The van der Waals surface area contributed by atoms with Crippen molar-refractivity contribution in [3.8, 4) is 0 Å². The molecule has 1 aromatic rings. The standard InChI is InChI=1S/C8H16N4S/c1-2-3-5-12(6-4-9)8-11-10-7-13-8/h7H,2-6,9H2,1H3. The molecule has 0 aliphatic heterocycles.